The highest BCUT2D eigenvalue weighted by Crippen LogP contribution is 2.36. The van der Waals surface area contributed by atoms with Crippen molar-refractivity contribution < 1.29 is 4.74 Å². The number of fused-ring (bicyclic) bond motifs is 1. The van der Waals surface area contributed by atoms with Gasteiger partial charge in [-0.1, -0.05) is 24.3 Å². The van der Waals surface area contributed by atoms with Crippen LogP contribution < -0.4 is 10.5 Å². The molecule has 0 saturated heterocycles. The van der Waals surface area contributed by atoms with E-state index in [9.17, 15) is 0 Å². The zero-order chi connectivity index (χ0) is 10.1. The summed E-state index contributed by atoms with van der Waals surface area (Å²) in [6, 6.07) is 6.25. The molecule has 0 spiro atoms. The molecule has 2 rings (SSSR count). The molecular formula is C11H13NOS. The quantitative estimate of drug-likeness (QED) is 0.768. The van der Waals surface area contributed by atoms with Crippen molar-refractivity contribution in [2.24, 2.45) is 0 Å². The molecule has 2 nitrogen and oxygen atoms in total. The summed E-state index contributed by atoms with van der Waals surface area (Å²) in [7, 11) is 1.68. The topological polar surface area (TPSA) is 35.2 Å². The first kappa shape index (κ1) is 9.34. The molecule has 0 atom stereocenters. The molecule has 74 valence electrons. The molecule has 1 aromatic carbocycles. The average molecular weight is 207 g/mol. The van der Waals surface area contributed by atoms with E-state index in [-0.39, 0.29) is 0 Å². The summed E-state index contributed by atoms with van der Waals surface area (Å²) < 4.78 is 6.31. The van der Waals surface area contributed by atoms with Crippen molar-refractivity contribution in [2.45, 2.75) is 13.3 Å². The fourth-order valence-corrected chi connectivity index (χ4v) is 2.41. The Morgan fingerprint density at radius 2 is 2.14 bits per heavy atom. The SMILES string of the molecule is CCc1cc(N)c2sc(OC)cc2c1. The average Bonchev–Trinajstić information content (AvgIpc) is 2.61. The van der Waals surface area contributed by atoms with Gasteiger partial charge in [-0.15, -0.1) is 0 Å². The van der Waals surface area contributed by atoms with Gasteiger partial charge in [0.15, 0.2) is 5.06 Å². The molecule has 2 aromatic rings. The predicted octanol–water partition coefficient (Wildman–Crippen LogP) is 3.05. The van der Waals surface area contributed by atoms with E-state index in [0.29, 0.717) is 0 Å². The van der Waals surface area contributed by atoms with Gasteiger partial charge in [-0.25, -0.2) is 0 Å². The molecule has 0 radical (unpaired) electrons. The lowest BCUT2D eigenvalue weighted by molar-refractivity contribution is 0.427. The molecule has 0 aliphatic carbocycles. The minimum atomic E-state index is 0.854. The molecule has 0 aliphatic rings. The third-order valence-corrected chi connectivity index (χ3v) is 3.45. The number of benzene rings is 1. The lowest BCUT2D eigenvalue weighted by atomic mass is 10.1. The van der Waals surface area contributed by atoms with Crippen LogP contribution in [0.4, 0.5) is 5.69 Å². The first-order chi connectivity index (χ1) is 6.74. The van der Waals surface area contributed by atoms with Crippen LogP contribution in [0.1, 0.15) is 12.5 Å². The van der Waals surface area contributed by atoms with Gasteiger partial charge in [0.05, 0.1) is 11.8 Å². The second-order valence-electron chi connectivity index (χ2n) is 3.23. The molecule has 0 saturated carbocycles. The summed E-state index contributed by atoms with van der Waals surface area (Å²) in [5, 5.41) is 2.10. The fraction of sp³-hybridized carbons (Fsp3) is 0.273. The van der Waals surface area contributed by atoms with E-state index in [1.807, 2.05) is 12.1 Å². The zero-order valence-corrected chi connectivity index (χ0v) is 9.15. The normalized spacial score (nSPS) is 10.7. The summed E-state index contributed by atoms with van der Waals surface area (Å²) >= 11 is 1.60. The molecule has 1 aromatic heterocycles. The third-order valence-electron chi connectivity index (χ3n) is 2.29. The number of methoxy groups -OCH3 is 1. The number of hydrogen-bond donors (Lipinski definition) is 1. The molecule has 0 aliphatic heterocycles. The van der Waals surface area contributed by atoms with Crippen LogP contribution in [-0.2, 0) is 6.42 Å². The Morgan fingerprint density at radius 1 is 1.36 bits per heavy atom. The molecule has 0 bridgehead atoms. The van der Waals surface area contributed by atoms with Gasteiger partial charge in [-0.05, 0) is 29.5 Å². The van der Waals surface area contributed by atoms with Crippen molar-refractivity contribution in [3.05, 3.63) is 23.8 Å². The van der Waals surface area contributed by atoms with Crippen molar-refractivity contribution >= 4 is 27.1 Å². The van der Waals surface area contributed by atoms with Gasteiger partial charge < -0.3 is 10.5 Å². The van der Waals surface area contributed by atoms with E-state index in [2.05, 4.69) is 13.0 Å². The van der Waals surface area contributed by atoms with Crippen LogP contribution in [0.25, 0.3) is 10.1 Å². The number of aryl methyl sites for hydroxylation is 1. The number of nitrogens with two attached hydrogens (primary N) is 1. The summed E-state index contributed by atoms with van der Waals surface area (Å²) in [4.78, 5) is 0. The largest absolute Gasteiger partial charge is 0.487 e. The van der Waals surface area contributed by atoms with Gasteiger partial charge in [0.2, 0.25) is 0 Å². The minimum Gasteiger partial charge on any atom is -0.487 e. The summed E-state index contributed by atoms with van der Waals surface area (Å²) in [6.07, 6.45) is 1.01. The number of rotatable bonds is 2. The maximum atomic E-state index is 5.96. The standard InChI is InChI=1S/C11H13NOS/c1-3-7-4-8-6-10(13-2)14-11(8)9(12)5-7/h4-6H,3,12H2,1-2H3. The highest BCUT2D eigenvalue weighted by atomic mass is 32.1. The van der Waals surface area contributed by atoms with E-state index < -0.39 is 0 Å². The van der Waals surface area contributed by atoms with Crippen molar-refractivity contribution in [3.8, 4) is 5.06 Å². The lowest BCUT2D eigenvalue weighted by Crippen LogP contribution is -1.87. The lowest BCUT2D eigenvalue weighted by Gasteiger charge is -1.99. The summed E-state index contributed by atoms with van der Waals surface area (Å²) in [6.45, 7) is 2.13. The summed E-state index contributed by atoms with van der Waals surface area (Å²) in [5.41, 5.74) is 8.08. The molecule has 0 fully saturated rings. The van der Waals surface area contributed by atoms with Gasteiger partial charge in [0.1, 0.15) is 0 Å². The maximum Gasteiger partial charge on any atom is 0.174 e. The maximum absolute atomic E-state index is 5.96. The van der Waals surface area contributed by atoms with Gasteiger partial charge in [-0.2, -0.15) is 0 Å². The minimum absolute atomic E-state index is 0.854. The first-order valence-corrected chi connectivity index (χ1v) is 5.42. The highest BCUT2D eigenvalue weighted by molar-refractivity contribution is 7.21. The number of hydrogen-bond acceptors (Lipinski definition) is 3. The Labute approximate surface area is 87.3 Å². The van der Waals surface area contributed by atoms with Crippen LogP contribution in [0.15, 0.2) is 18.2 Å². The second kappa shape index (κ2) is 3.50. The van der Waals surface area contributed by atoms with E-state index >= 15 is 0 Å². The van der Waals surface area contributed by atoms with Crippen LogP contribution in [-0.4, -0.2) is 7.11 Å². The van der Waals surface area contributed by atoms with Crippen molar-refractivity contribution in [3.63, 3.8) is 0 Å². The molecular weight excluding hydrogens is 194 g/mol. The molecule has 0 amide bonds. The Bertz CT molecular complexity index is 462. The van der Waals surface area contributed by atoms with Crippen LogP contribution >= 0.6 is 11.3 Å². The Morgan fingerprint density at radius 3 is 2.79 bits per heavy atom. The van der Waals surface area contributed by atoms with Crippen LogP contribution in [0.5, 0.6) is 5.06 Å². The smallest absolute Gasteiger partial charge is 0.174 e. The monoisotopic (exact) mass is 207 g/mol. The van der Waals surface area contributed by atoms with E-state index in [0.717, 1.165) is 21.9 Å². The Balaban J connectivity index is 2.67. The summed E-state index contributed by atoms with van der Waals surface area (Å²) in [5.74, 6) is 0. The fourth-order valence-electron chi connectivity index (χ4n) is 1.53. The number of nitrogen functional groups attached to an aromatic ring is 1. The number of anilines is 1. The van der Waals surface area contributed by atoms with Gasteiger partial charge in [0.25, 0.3) is 0 Å². The molecule has 2 N–H and O–H groups in total. The number of ether oxygens (including phenoxy) is 1. The van der Waals surface area contributed by atoms with Crippen LogP contribution in [0.2, 0.25) is 0 Å². The third kappa shape index (κ3) is 1.44. The first-order valence-electron chi connectivity index (χ1n) is 4.60. The van der Waals surface area contributed by atoms with Crippen LogP contribution in [0.3, 0.4) is 0 Å². The van der Waals surface area contributed by atoms with Crippen molar-refractivity contribution in [2.75, 3.05) is 12.8 Å². The highest BCUT2D eigenvalue weighted by Gasteiger charge is 2.06. The molecule has 14 heavy (non-hydrogen) atoms. The zero-order valence-electron chi connectivity index (χ0n) is 8.33. The molecule has 1 heterocycles. The van der Waals surface area contributed by atoms with E-state index in [1.54, 1.807) is 18.4 Å². The van der Waals surface area contributed by atoms with Crippen molar-refractivity contribution in [1.29, 1.82) is 0 Å². The second-order valence-corrected chi connectivity index (χ2v) is 4.24. The van der Waals surface area contributed by atoms with Gasteiger partial charge in [0, 0.05) is 5.69 Å². The molecule has 0 unspecified atom stereocenters. The predicted molar refractivity (Wildman–Crippen MR) is 62.2 cm³/mol. The number of thiophene rings is 1. The Hall–Kier alpha value is -1.22. The molecule has 3 heteroatoms. The van der Waals surface area contributed by atoms with Gasteiger partial charge in [-0.3, -0.25) is 0 Å². The van der Waals surface area contributed by atoms with Gasteiger partial charge >= 0.3 is 0 Å². The van der Waals surface area contributed by atoms with E-state index in [1.165, 1.54) is 10.9 Å². The van der Waals surface area contributed by atoms with Crippen molar-refractivity contribution in [1.82, 2.24) is 0 Å². The Kier molecular flexibility index (Phi) is 2.33. The van der Waals surface area contributed by atoms with Crippen LogP contribution in [0, 0.1) is 0 Å². The van der Waals surface area contributed by atoms with E-state index in [4.69, 9.17) is 10.5 Å².